The molecule has 142 valence electrons. The number of nitriles is 1. The number of benzene rings is 1. The minimum atomic E-state index is -4.73. The summed E-state index contributed by atoms with van der Waals surface area (Å²) in [5, 5.41) is 17.6. The summed E-state index contributed by atoms with van der Waals surface area (Å²) in [5.74, 6) is -1.04. The van der Waals surface area contributed by atoms with Gasteiger partial charge in [-0.3, -0.25) is 14.3 Å². The number of hydrogen-bond donors (Lipinski definition) is 2. The van der Waals surface area contributed by atoms with Crippen molar-refractivity contribution in [2.24, 2.45) is 0 Å². The molecule has 0 saturated carbocycles. The highest BCUT2D eigenvalue weighted by molar-refractivity contribution is 5.97. The molecule has 0 radical (unpaired) electrons. The lowest BCUT2D eigenvalue weighted by Gasteiger charge is -2.24. The number of nitrogens with zero attached hydrogens (tertiary/aromatic N) is 3. The van der Waals surface area contributed by atoms with Gasteiger partial charge in [-0.25, -0.2) is 0 Å². The van der Waals surface area contributed by atoms with Gasteiger partial charge in [-0.05, 0) is 32.0 Å². The molecular weight excluding hydrogens is 363 g/mol. The predicted octanol–water partition coefficient (Wildman–Crippen LogP) is 2.51. The van der Waals surface area contributed by atoms with Crippen molar-refractivity contribution in [1.29, 1.82) is 5.26 Å². The van der Waals surface area contributed by atoms with Gasteiger partial charge in [0.25, 0.3) is 11.8 Å². The molecule has 0 aliphatic heterocycles. The van der Waals surface area contributed by atoms with Crippen LogP contribution in [0.2, 0.25) is 0 Å². The number of amides is 2. The van der Waals surface area contributed by atoms with Gasteiger partial charge in [-0.1, -0.05) is 0 Å². The van der Waals surface area contributed by atoms with Crippen molar-refractivity contribution in [1.82, 2.24) is 15.1 Å². The fourth-order valence-corrected chi connectivity index (χ4v) is 2.23. The summed E-state index contributed by atoms with van der Waals surface area (Å²) in [6.07, 6.45) is -2.10. The van der Waals surface area contributed by atoms with Crippen molar-refractivity contribution < 1.29 is 22.8 Å². The first-order chi connectivity index (χ1) is 12.5. The third-order valence-corrected chi connectivity index (χ3v) is 3.90. The highest BCUT2D eigenvalue weighted by Crippen LogP contribution is 2.33. The summed E-state index contributed by atoms with van der Waals surface area (Å²) in [7, 11) is 1.45. The van der Waals surface area contributed by atoms with E-state index >= 15 is 0 Å². The van der Waals surface area contributed by atoms with Gasteiger partial charge in [0.05, 0.1) is 29.0 Å². The quantitative estimate of drug-likeness (QED) is 0.852. The zero-order valence-electron chi connectivity index (χ0n) is 14.7. The van der Waals surface area contributed by atoms with Crippen LogP contribution in [0.3, 0.4) is 0 Å². The van der Waals surface area contributed by atoms with Crippen LogP contribution < -0.4 is 10.6 Å². The SMILES string of the molecule is CNC(=O)c1cnn(C(C)(C)C(=O)Nc2ccc(C#N)c(C(F)(F)F)c2)c1. The molecule has 0 saturated heterocycles. The molecule has 1 aromatic carbocycles. The molecule has 7 nitrogen and oxygen atoms in total. The largest absolute Gasteiger partial charge is 0.417 e. The highest BCUT2D eigenvalue weighted by Gasteiger charge is 2.35. The first kappa shape index (κ1) is 20.0. The van der Waals surface area contributed by atoms with Crippen LogP contribution in [0.5, 0.6) is 0 Å². The lowest BCUT2D eigenvalue weighted by molar-refractivity contribution is -0.137. The first-order valence-electron chi connectivity index (χ1n) is 7.70. The van der Waals surface area contributed by atoms with E-state index in [0.29, 0.717) is 6.07 Å². The average Bonchev–Trinajstić information content (AvgIpc) is 3.11. The Labute approximate surface area is 152 Å². The number of carbonyl (C=O) groups is 2. The van der Waals surface area contributed by atoms with E-state index in [0.717, 1.165) is 6.07 Å². The number of nitrogens with one attached hydrogen (secondary N) is 2. The Balaban J connectivity index is 2.29. The summed E-state index contributed by atoms with van der Waals surface area (Å²) in [4.78, 5) is 24.2. The second-order valence-electron chi connectivity index (χ2n) is 6.14. The summed E-state index contributed by atoms with van der Waals surface area (Å²) >= 11 is 0. The van der Waals surface area contributed by atoms with Crippen molar-refractivity contribution in [3.05, 3.63) is 47.3 Å². The number of anilines is 1. The minimum absolute atomic E-state index is 0.113. The van der Waals surface area contributed by atoms with E-state index in [-0.39, 0.29) is 17.2 Å². The highest BCUT2D eigenvalue weighted by atomic mass is 19.4. The Kier molecular flexibility index (Phi) is 5.26. The van der Waals surface area contributed by atoms with E-state index in [2.05, 4.69) is 15.7 Å². The smallest absolute Gasteiger partial charge is 0.355 e. The molecule has 0 spiro atoms. The lowest BCUT2D eigenvalue weighted by Crippen LogP contribution is -2.40. The number of alkyl halides is 3. The maximum atomic E-state index is 13.0. The second kappa shape index (κ2) is 7.11. The topological polar surface area (TPSA) is 99.8 Å². The number of carbonyl (C=O) groups excluding carboxylic acids is 2. The van der Waals surface area contributed by atoms with Gasteiger partial charge in [-0.2, -0.15) is 23.5 Å². The Morgan fingerprint density at radius 1 is 1.26 bits per heavy atom. The molecule has 1 heterocycles. The average molecular weight is 379 g/mol. The zero-order chi connectivity index (χ0) is 20.4. The van der Waals surface area contributed by atoms with E-state index < -0.39 is 28.7 Å². The molecule has 0 aliphatic carbocycles. The summed E-state index contributed by atoms with van der Waals surface area (Å²) in [6.45, 7) is 2.99. The number of halogens is 3. The molecule has 0 aliphatic rings. The fraction of sp³-hybridized carbons (Fsp3) is 0.294. The van der Waals surface area contributed by atoms with E-state index in [1.54, 1.807) is 0 Å². The maximum absolute atomic E-state index is 13.0. The third kappa shape index (κ3) is 4.08. The van der Waals surface area contributed by atoms with Gasteiger partial charge in [-0.15, -0.1) is 0 Å². The third-order valence-electron chi connectivity index (χ3n) is 3.90. The first-order valence-corrected chi connectivity index (χ1v) is 7.70. The van der Waals surface area contributed by atoms with Crippen LogP contribution in [0.4, 0.5) is 18.9 Å². The van der Waals surface area contributed by atoms with E-state index in [1.165, 1.54) is 50.1 Å². The minimum Gasteiger partial charge on any atom is -0.355 e. The van der Waals surface area contributed by atoms with Crippen molar-refractivity contribution in [3.63, 3.8) is 0 Å². The van der Waals surface area contributed by atoms with Crippen LogP contribution in [0, 0.1) is 11.3 Å². The molecule has 0 atom stereocenters. The molecule has 10 heteroatoms. The Morgan fingerprint density at radius 2 is 1.93 bits per heavy atom. The standard InChI is InChI=1S/C17H16F3N5O2/c1-16(2,25-9-11(8-23-25)14(26)22-3)15(27)24-12-5-4-10(7-21)13(6-12)17(18,19)20/h4-6,8-9H,1-3H3,(H,22,26)(H,24,27). The normalized spacial score (nSPS) is 11.6. The molecule has 0 bridgehead atoms. The van der Waals surface area contributed by atoms with Crippen LogP contribution >= 0.6 is 0 Å². The van der Waals surface area contributed by atoms with Gasteiger partial charge in [0.15, 0.2) is 0 Å². The summed E-state index contributed by atoms with van der Waals surface area (Å²) < 4.78 is 40.4. The van der Waals surface area contributed by atoms with Crippen molar-refractivity contribution >= 4 is 17.5 Å². The molecule has 2 aromatic rings. The number of hydrogen-bond acceptors (Lipinski definition) is 4. The molecule has 1 aromatic heterocycles. The van der Waals surface area contributed by atoms with Crippen molar-refractivity contribution in [2.45, 2.75) is 25.6 Å². The van der Waals surface area contributed by atoms with E-state index in [4.69, 9.17) is 5.26 Å². The van der Waals surface area contributed by atoms with Crippen LogP contribution in [-0.2, 0) is 16.5 Å². The van der Waals surface area contributed by atoms with Crippen molar-refractivity contribution in [2.75, 3.05) is 12.4 Å². The Hall–Kier alpha value is -3.35. The molecule has 0 unspecified atom stereocenters. The Morgan fingerprint density at radius 3 is 2.48 bits per heavy atom. The molecule has 27 heavy (non-hydrogen) atoms. The zero-order valence-corrected chi connectivity index (χ0v) is 14.7. The molecular formula is C17H16F3N5O2. The monoisotopic (exact) mass is 379 g/mol. The van der Waals surface area contributed by atoms with Gasteiger partial charge < -0.3 is 10.6 Å². The second-order valence-corrected chi connectivity index (χ2v) is 6.14. The molecule has 2 N–H and O–H groups in total. The summed E-state index contributed by atoms with van der Waals surface area (Å²) in [6, 6.07) is 4.37. The fourth-order valence-electron chi connectivity index (χ4n) is 2.23. The molecule has 2 rings (SSSR count). The Bertz CT molecular complexity index is 925. The maximum Gasteiger partial charge on any atom is 0.417 e. The lowest BCUT2D eigenvalue weighted by atomic mass is 10.0. The summed E-state index contributed by atoms with van der Waals surface area (Å²) in [5.41, 5.74) is -2.85. The van der Waals surface area contributed by atoms with Crippen molar-refractivity contribution in [3.8, 4) is 6.07 Å². The number of aromatic nitrogens is 2. The van der Waals surface area contributed by atoms with Gasteiger partial charge >= 0.3 is 6.18 Å². The van der Waals surface area contributed by atoms with Gasteiger partial charge in [0.2, 0.25) is 0 Å². The molecule has 0 fully saturated rings. The number of rotatable bonds is 4. The van der Waals surface area contributed by atoms with Crippen LogP contribution in [0.1, 0.15) is 35.3 Å². The van der Waals surface area contributed by atoms with E-state index in [9.17, 15) is 22.8 Å². The molecule has 2 amide bonds. The van der Waals surface area contributed by atoms with Gasteiger partial charge in [0.1, 0.15) is 5.54 Å². The van der Waals surface area contributed by atoms with Crippen LogP contribution in [0.25, 0.3) is 0 Å². The van der Waals surface area contributed by atoms with Gasteiger partial charge in [0, 0.05) is 18.9 Å². The van der Waals surface area contributed by atoms with E-state index in [1.807, 2.05) is 0 Å². The predicted molar refractivity (Wildman–Crippen MR) is 89.7 cm³/mol. The van der Waals surface area contributed by atoms with Crippen LogP contribution in [0.15, 0.2) is 30.6 Å². The van der Waals surface area contributed by atoms with Crippen LogP contribution in [-0.4, -0.2) is 28.6 Å².